The molecular weight excluding hydrogens is 422 g/mol. The summed E-state index contributed by atoms with van der Waals surface area (Å²) in [5, 5.41) is 8.38. The molecule has 0 radical (unpaired) electrons. The van der Waals surface area contributed by atoms with Crippen molar-refractivity contribution in [2.75, 3.05) is 32.7 Å². The number of aromatic nitrogens is 2. The zero-order chi connectivity index (χ0) is 20.9. The maximum atomic E-state index is 12.4. The van der Waals surface area contributed by atoms with Gasteiger partial charge < -0.3 is 10.2 Å². The molecule has 1 aliphatic heterocycles. The molecule has 10 heteroatoms. The molecule has 4 heterocycles. The average molecular weight is 446 g/mol. The summed E-state index contributed by atoms with van der Waals surface area (Å²) in [5.41, 5.74) is 1.37. The lowest BCUT2D eigenvalue weighted by molar-refractivity contribution is -0.133. The summed E-state index contributed by atoms with van der Waals surface area (Å²) in [7, 11) is 0. The van der Waals surface area contributed by atoms with Gasteiger partial charge in [-0.15, -0.1) is 11.3 Å². The van der Waals surface area contributed by atoms with Crippen LogP contribution in [-0.2, 0) is 11.3 Å². The molecular formula is C20H23N5O3S2. The zero-order valence-electron chi connectivity index (χ0n) is 16.5. The van der Waals surface area contributed by atoms with Gasteiger partial charge in [0.25, 0.3) is 11.5 Å². The number of piperazine rings is 1. The number of hydrogen-bond acceptors (Lipinski definition) is 7. The molecule has 1 aliphatic rings. The minimum Gasteiger partial charge on any atom is -0.352 e. The van der Waals surface area contributed by atoms with Crippen molar-refractivity contribution in [1.29, 1.82) is 0 Å². The first-order chi connectivity index (χ1) is 14.6. The molecule has 0 atom stereocenters. The van der Waals surface area contributed by atoms with Crippen LogP contribution in [0.25, 0.3) is 4.96 Å². The molecule has 1 N–H and O–H groups in total. The Morgan fingerprint density at radius 2 is 2.00 bits per heavy atom. The highest BCUT2D eigenvalue weighted by molar-refractivity contribution is 7.15. The SMILES string of the molecule is O=C(NCCCC(=O)N1CCN(Cc2cc(=O)n3ccsc3n2)CC1)c1ccsc1. The van der Waals surface area contributed by atoms with E-state index in [9.17, 15) is 14.4 Å². The van der Waals surface area contributed by atoms with Gasteiger partial charge in [0, 0.05) is 74.3 Å². The molecule has 1 fully saturated rings. The van der Waals surface area contributed by atoms with Crippen molar-refractivity contribution in [3.8, 4) is 0 Å². The maximum absolute atomic E-state index is 12.4. The van der Waals surface area contributed by atoms with E-state index in [1.807, 2.05) is 21.0 Å². The van der Waals surface area contributed by atoms with Gasteiger partial charge in [-0.3, -0.25) is 23.7 Å². The van der Waals surface area contributed by atoms with Crippen molar-refractivity contribution < 1.29 is 9.59 Å². The fourth-order valence-electron chi connectivity index (χ4n) is 3.45. The summed E-state index contributed by atoms with van der Waals surface area (Å²) < 4.78 is 1.55. The second-order valence-electron chi connectivity index (χ2n) is 7.17. The van der Waals surface area contributed by atoms with Crippen LogP contribution >= 0.6 is 22.7 Å². The smallest absolute Gasteiger partial charge is 0.258 e. The van der Waals surface area contributed by atoms with Crippen LogP contribution in [0.1, 0.15) is 28.9 Å². The maximum Gasteiger partial charge on any atom is 0.258 e. The van der Waals surface area contributed by atoms with Gasteiger partial charge in [-0.25, -0.2) is 4.98 Å². The first-order valence-electron chi connectivity index (χ1n) is 9.86. The molecule has 3 aromatic rings. The highest BCUT2D eigenvalue weighted by atomic mass is 32.1. The van der Waals surface area contributed by atoms with E-state index in [4.69, 9.17) is 0 Å². The molecule has 0 aliphatic carbocycles. The van der Waals surface area contributed by atoms with Gasteiger partial charge in [-0.1, -0.05) is 0 Å². The van der Waals surface area contributed by atoms with Crippen molar-refractivity contribution in [2.45, 2.75) is 19.4 Å². The number of nitrogens with zero attached hydrogens (tertiary/aromatic N) is 4. The third-order valence-electron chi connectivity index (χ3n) is 5.10. The Bertz CT molecular complexity index is 1070. The summed E-state index contributed by atoms with van der Waals surface area (Å²) in [6, 6.07) is 3.37. The van der Waals surface area contributed by atoms with Crippen LogP contribution in [0.3, 0.4) is 0 Å². The van der Waals surface area contributed by atoms with Gasteiger partial charge in [0.05, 0.1) is 5.69 Å². The van der Waals surface area contributed by atoms with Crippen LogP contribution in [0, 0.1) is 0 Å². The van der Waals surface area contributed by atoms with Gasteiger partial charge in [0.15, 0.2) is 4.96 Å². The first kappa shape index (κ1) is 20.7. The predicted octanol–water partition coefficient (Wildman–Crippen LogP) is 1.67. The number of thiophene rings is 1. The molecule has 158 valence electrons. The lowest BCUT2D eigenvalue weighted by atomic mass is 10.2. The van der Waals surface area contributed by atoms with E-state index >= 15 is 0 Å². The summed E-state index contributed by atoms with van der Waals surface area (Å²) >= 11 is 2.93. The summed E-state index contributed by atoms with van der Waals surface area (Å²) in [6.07, 6.45) is 2.79. The van der Waals surface area contributed by atoms with Crippen LogP contribution in [-0.4, -0.2) is 63.7 Å². The normalized spacial score (nSPS) is 14.9. The van der Waals surface area contributed by atoms with Crippen molar-refractivity contribution in [3.05, 3.63) is 56.1 Å². The third kappa shape index (κ3) is 4.94. The zero-order valence-corrected chi connectivity index (χ0v) is 18.1. The molecule has 8 nitrogen and oxygen atoms in total. The molecule has 4 rings (SSSR count). The Labute approximate surface area is 181 Å². The molecule has 0 unspecified atom stereocenters. The van der Waals surface area contributed by atoms with Gasteiger partial charge in [0.2, 0.25) is 5.91 Å². The van der Waals surface area contributed by atoms with Crippen molar-refractivity contribution in [3.63, 3.8) is 0 Å². The Morgan fingerprint density at radius 3 is 2.77 bits per heavy atom. The van der Waals surface area contributed by atoms with Gasteiger partial charge in [-0.2, -0.15) is 11.3 Å². The second kappa shape index (κ2) is 9.50. The van der Waals surface area contributed by atoms with Gasteiger partial charge in [-0.05, 0) is 17.9 Å². The third-order valence-corrected chi connectivity index (χ3v) is 6.54. The molecule has 1 saturated heterocycles. The van der Waals surface area contributed by atoms with Crippen LogP contribution in [0.2, 0.25) is 0 Å². The monoisotopic (exact) mass is 445 g/mol. The van der Waals surface area contributed by atoms with E-state index in [0.717, 1.165) is 18.8 Å². The predicted molar refractivity (Wildman–Crippen MR) is 117 cm³/mol. The van der Waals surface area contributed by atoms with E-state index in [0.29, 0.717) is 49.5 Å². The molecule has 0 aromatic carbocycles. The topological polar surface area (TPSA) is 87.0 Å². The standard InChI is InChI=1S/C20H23N5O3S2/c26-17(2-1-4-21-19(28)15-3-10-29-14-15)24-7-5-23(6-8-24)13-16-12-18(27)25-9-11-30-20(25)22-16/h3,9-12,14H,1-2,4-8,13H2,(H,21,28). The number of amides is 2. The summed E-state index contributed by atoms with van der Waals surface area (Å²) in [4.78, 5) is 45.8. The second-order valence-corrected chi connectivity index (χ2v) is 8.82. The van der Waals surface area contributed by atoms with E-state index < -0.39 is 0 Å². The lowest BCUT2D eigenvalue weighted by Gasteiger charge is -2.34. The van der Waals surface area contributed by atoms with Crippen molar-refractivity contribution in [2.24, 2.45) is 0 Å². The molecule has 0 spiro atoms. The minimum absolute atomic E-state index is 0.0591. The minimum atomic E-state index is -0.0914. The Kier molecular flexibility index (Phi) is 6.56. The van der Waals surface area contributed by atoms with Crippen molar-refractivity contribution >= 4 is 39.4 Å². The Morgan fingerprint density at radius 1 is 1.17 bits per heavy atom. The van der Waals surface area contributed by atoms with E-state index in [1.165, 1.54) is 22.7 Å². The van der Waals surface area contributed by atoms with Crippen LogP contribution < -0.4 is 10.9 Å². The quantitative estimate of drug-likeness (QED) is 0.559. The number of thiazole rings is 1. The van der Waals surface area contributed by atoms with E-state index in [1.54, 1.807) is 22.7 Å². The largest absolute Gasteiger partial charge is 0.352 e. The molecule has 3 aromatic heterocycles. The number of fused-ring (bicyclic) bond motifs is 1. The summed E-state index contributed by atoms with van der Waals surface area (Å²) in [6.45, 7) is 3.95. The number of carbonyl (C=O) groups is 2. The number of hydrogen-bond donors (Lipinski definition) is 1. The van der Waals surface area contributed by atoms with Crippen LogP contribution in [0.4, 0.5) is 0 Å². The van der Waals surface area contributed by atoms with Crippen molar-refractivity contribution in [1.82, 2.24) is 24.5 Å². The van der Waals surface area contributed by atoms with E-state index in [2.05, 4.69) is 15.2 Å². The van der Waals surface area contributed by atoms with Gasteiger partial charge >= 0.3 is 0 Å². The average Bonchev–Trinajstić information content (AvgIpc) is 3.43. The highest BCUT2D eigenvalue weighted by Gasteiger charge is 2.21. The lowest BCUT2D eigenvalue weighted by Crippen LogP contribution is -2.48. The van der Waals surface area contributed by atoms with Crippen LogP contribution in [0.5, 0.6) is 0 Å². The number of rotatable bonds is 7. The number of carbonyl (C=O) groups excluding carboxylic acids is 2. The van der Waals surface area contributed by atoms with E-state index in [-0.39, 0.29) is 17.4 Å². The molecule has 30 heavy (non-hydrogen) atoms. The fraction of sp³-hybridized carbons (Fsp3) is 0.400. The highest BCUT2D eigenvalue weighted by Crippen LogP contribution is 2.11. The molecule has 0 bridgehead atoms. The molecule has 0 saturated carbocycles. The fourth-order valence-corrected chi connectivity index (χ4v) is 4.82. The van der Waals surface area contributed by atoms with Crippen LogP contribution in [0.15, 0.2) is 39.3 Å². The summed E-state index contributed by atoms with van der Waals surface area (Å²) in [5.74, 6) is 0.0297. The Hall–Kier alpha value is -2.56. The molecule has 2 amide bonds. The van der Waals surface area contributed by atoms with Gasteiger partial charge in [0.1, 0.15) is 0 Å². The number of nitrogens with one attached hydrogen (secondary N) is 1. The Balaban J connectivity index is 1.18. The first-order valence-corrected chi connectivity index (χ1v) is 11.7.